The van der Waals surface area contributed by atoms with Gasteiger partial charge in [0.2, 0.25) is 0 Å². The molecule has 1 aliphatic carbocycles. The highest BCUT2D eigenvalue weighted by molar-refractivity contribution is 4.86. The highest BCUT2D eigenvalue weighted by atomic mass is 16.5. The van der Waals surface area contributed by atoms with Crippen LogP contribution in [0.2, 0.25) is 0 Å². The Morgan fingerprint density at radius 3 is 1.93 bits per heavy atom. The van der Waals surface area contributed by atoms with Crippen LogP contribution in [0, 0.1) is 11.3 Å². The average Bonchev–Trinajstić information content (AvgIpc) is 2.11. The topological polar surface area (TPSA) is 21.3 Å². The van der Waals surface area contributed by atoms with E-state index in [1.54, 1.807) is 0 Å². The minimum absolute atomic E-state index is 0.505. The molecule has 2 aliphatic rings. The Labute approximate surface area is 93.8 Å². The summed E-state index contributed by atoms with van der Waals surface area (Å²) in [5.41, 5.74) is 0.505. The van der Waals surface area contributed by atoms with E-state index in [2.05, 4.69) is 26.1 Å². The quantitative estimate of drug-likeness (QED) is 0.758. The first kappa shape index (κ1) is 11.4. The number of hydrogen-bond donors (Lipinski definition) is 1. The maximum Gasteiger partial charge on any atom is 0.0643 e. The molecule has 0 spiro atoms. The van der Waals surface area contributed by atoms with Crippen molar-refractivity contribution in [1.29, 1.82) is 0 Å². The predicted molar refractivity (Wildman–Crippen MR) is 62.9 cm³/mol. The van der Waals surface area contributed by atoms with Crippen LogP contribution in [0.3, 0.4) is 0 Å². The van der Waals surface area contributed by atoms with Crippen LogP contribution in [0.1, 0.15) is 46.5 Å². The van der Waals surface area contributed by atoms with E-state index in [9.17, 15) is 0 Å². The summed E-state index contributed by atoms with van der Waals surface area (Å²) < 4.78 is 5.19. The second-order valence-electron chi connectivity index (χ2n) is 6.32. The van der Waals surface area contributed by atoms with Crippen molar-refractivity contribution in [3.05, 3.63) is 0 Å². The van der Waals surface area contributed by atoms with Gasteiger partial charge in [0, 0.05) is 6.04 Å². The molecule has 0 amide bonds. The van der Waals surface area contributed by atoms with Crippen LogP contribution in [0.5, 0.6) is 0 Å². The Morgan fingerprint density at radius 1 is 0.933 bits per heavy atom. The monoisotopic (exact) mass is 211 g/mol. The molecule has 0 unspecified atom stereocenters. The van der Waals surface area contributed by atoms with E-state index >= 15 is 0 Å². The fourth-order valence-electron chi connectivity index (χ4n) is 2.79. The molecule has 1 saturated carbocycles. The van der Waals surface area contributed by atoms with E-state index in [0.717, 1.165) is 25.2 Å². The molecular formula is C13H25NO. The first-order valence-electron chi connectivity index (χ1n) is 6.39. The van der Waals surface area contributed by atoms with E-state index in [1.807, 2.05) is 0 Å². The van der Waals surface area contributed by atoms with Gasteiger partial charge in [0.15, 0.2) is 0 Å². The summed E-state index contributed by atoms with van der Waals surface area (Å²) in [6.07, 6.45) is 5.51. The lowest BCUT2D eigenvalue weighted by molar-refractivity contribution is -0.0139. The Kier molecular flexibility index (Phi) is 3.36. The van der Waals surface area contributed by atoms with Crippen LogP contribution in [-0.4, -0.2) is 25.3 Å². The molecule has 2 fully saturated rings. The van der Waals surface area contributed by atoms with E-state index in [1.165, 1.54) is 25.7 Å². The smallest absolute Gasteiger partial charge is 0.0643 e. The van der Waals surface area contributed by atoms with Gasteiger partial charge in [0.25, 0.3) is 0 Å². The van der Waals surface area contributed by atoms with Crippen molar-refractivity contribution in [1.82, 2.24) is 5.32 Å². The molecule has 0 aromatic heterocycles. The van der Waals surface area contributed by atoms with Gasteiger partial charge < -0.3 is 10.1 Å². The Bertz CT molecular complexity index is 197. The summed E-state index contributed by atoms with van der Waals surface area (Å²) >= 11 is 0. The third-order valence-corrected chi connectivity index (χ3v) is 4.06. The van der Waals surface area contributed by atoms with E-state index in [0.29, 0.717) is 11.5 Å². The van der Waals surface area contributed by atoms with E-state index in [4.69, 9.17) is 4.74 Å². The van der Waals surface area contributed by atoms with Gasteiger partial charge in [-0.1, -0.05) is 20.8 Å². The van der Waals surface area contributed by atoms with Crippen molar-refractivity contribution in [2.75, 3.05) is 13.2 Å². The molecule has 1 heterocycles. The number of rotatable bonds is 2. The zero-order valence-electron chi connectivity index (χ0n) is 10.4. The molecule has 0 bridgehead atoms. The second kappa shape index (κ2) is 4.42. The van der Waals surface area contributed by atoms with Gasteiger partial charge in [-0.2, -0.15) is 0 Å². The molecule has 1 N–H and O–H groups in total. The molecule has 88 valence electrons. The summed E-state index contributed by atoms with van der Waals surface area (Å²) in [5.74, 6) is 0.924. The molecular weight excluding hydrogens is 186 g/mol. The molecule has 1 aliphatic heterocycles. The Hall–Kier alpha value is -0.0800. The molecule has 1 saturated heterocycles. The summed E-state index contributed by atoms with van der Waals surface area (Å²) in [7, 11) is 0. The zero-order chi connectivity index (χ0) is 10.9. The van der Waals surface area contributed by atoms with Crippen molar-refractivity contribution in [3.8, 4) is 0 Å². The third kappa shape index (κ3) is 2.94. The number of hydrogen-bond acceptors (Lipinski definition) is 2. The first-order valence-corrected chi connectivity index (χ1v) is 6.39. The van der Waals surface area contributed by atoms with Crippen molar-refractivity contribution >= 4 is 0 Å². The molecule has 0 aromatic rings. The van der Waals surface area contributed by atoms with Gasteiger partial charge in [0.1, 0.15) is 0 Å². The van der Waals surface area contributed by atoms with Crippen molar-refractivity contribution in [3.63, 3.8) is 0 Å². The minimum atomic E-state index is 0.505. The Morgan fingerprint density at radius 2 is 1.53 bits per heavy atom. The number of ether oxygens (including phenoxy) is 1. The average molecular weight is 211 g/mol. The summed E-state index contributed by atoms with van der Waals surface area (Å²) in [6, 6.07) is 1.42. The standard InChI is InChI=1S/C13H25NO/c1-13(2,3)10-4-6-11(7-5-10)14-12-8-15-9-12/h10-12,14H,4-9H2,1-3H3/t10-,11-. The van der Waals surface area contributed by atoms with Gasteiger partial charge in [-0.05, 0) is 37.0 Å². The van der Waals surface area contributed by atoms with Gasteiger partial charge in [-0.25, -0.2) is 0 Å². The molecule has 0 radical (unpaired) electrons. The predicted octanol–water partition coefficient (Wildman–Crippen LogP) is 2.58. The maximum absolute atomic E-state index is 5.19. The van der Waals surface area contributed by atoms with Crippen LogP contribution >= 0.6 is 0 Å². The fourth-order valence-corrected chi connectivity index (χ4v) is 2.79. The zero-order valence-corrected chi connectivity index (χ0v) is 10.4. The highest BCUT2D eigenvalue weighted by Gasteiger charge is 2.31. The van der Waals surface area contributed by atoms with Crippen molar-refractivity contribution in [2.24, 2.45) is 11.3 Å². The van der Waals surface area contributed by atoms with Crippen molar-refractivity contribution in [2.45, 2.75) is 58.5 Å². The lowest BCUT2D eigenvalue weighted by Gasteiger charge is -2.39. The molecule has 0 aromatic carbocycles. The minimum Gasteiger partial charge on any atom is -0.378 e. The molecule has 2 heteroatoms. The summed E-state index contributed by atoms with van der Waals surface area (Å²) in [6.45, 7) is 9.00. The molecule has 15 heavy (non-hydrogen) atoms. The normalized spacial score (nSPS) is 33.8. The second-order valence-corrected chi connectivity index (χ2v) is 6.32. The van der Waals surface area contributed by atoms with Gasteiger partial charge in [-0.3, -0.25) is 0 Å². The van der Waals surface area contributed by atoms with Gasteiger partial charge in [-0.15, -0.1) is 0 Å². The fraction of sp³-hybridized carbons (Fsp3) is 1.00. The van der Waals surface area contributed by atoms with Crippen LogP contribution in [0.15, 0.2) is 0 Å². The van der Waals surface area contributed by atoms with Crippen LogP contribution in [-0.2, 0) is 4.74 Å². The molecule has 2 rings (SSSR count). The van der Waals surface area contributed by atoms with Crippen molar-refractivity contribution < 1.29 is 4.74 Å². The number of nitrogens with one attached hydrogen (secondary N) is 1. The van der Waals surface area contributed by atoms with E-state index < -0.39 is 0 Å². The molecule has 2 nitrogen and oxygen atoms in total. The van der Waals surface area contributed by atoms with Crippen LogP contribution < -0.4 is 5.32 Å². The van der Waals surface area contributed by atoms with Gasteiger partial charge in [0.05, 0.1) is 19.3 Å². The summed E-state index contributed by atoms with van der Waals surface area (Å²) in [4.78, 5) is 0. The molecule has 0 atom stereocenters. The summed E-state index contributed by atoms with van der Waals surface area (Å²) in [5, 5.41) is 3.70. The largest absolute Gasteiger partial charge is 0.378 e. The Balaban J connectivity index is 1.71. The van der Waals surface area contributed by atoms with Crippen LogP contribution in [0.4, 0.5) is 0 Å². The highest BCUT2D eigenvalue weighted by Crippen LogP contribution is 2.37. The van der Waals surface area contributed by atoms with E-state index in [-0.39, 0.29) is 0 Å². The lowest BCUT2D eigenvalue weighted by Crippen LogP contribution is -2.51. The third-order valence-electron chi connectivity index (χ3n) is 4.06. The van der Waals surface area contributed by atoms with Crippen LogP contribution in [0.25, 0.3) is 0 Å². The first-order chi connectivity index (χ1) is 7.05. The maximum atomic E-state index is 5.19. The lowest BCUT2D eigenvalue weighted by atomic mass is 9.71. The van der Waals surface area contributed by atoms with Gasteiger partial charge >= 0.3 is 0 Å². The SMILES string of the molecule is CC(C)(C)[C@H]1CC[C@H](NC2COC2)CC1.